The van der Waals surface area contributed by atoms with Crippen molar-refractivity contribution in [2.45, 2.75) is 0 Å². The van der Waals surface area contributed by atoms with Crippen LogP contribution in [-0.4, -0.2) is 37.0 Å². The second-order valence-electron chi connectivity index (χ2n) is 6.70. The fourth-order valence-electron chi connectivity index (χ4n) is 3.46. The largest absolute Gasteiger partial charge is 0.368 e. The molecule has 1 aliphatic heterocycles. The summed E-state index contributed by atoms with van der Waals surface area (Å²) in [5.74, 6) is 0.0976. The Morgan fingerprint density at radius 1 is 0.741 bits per heavy atom. The molecule has 0 atom stereocenters. The molecule has 0 radical (unpaired) electrons. The maximum absolute atomic E-state index is 12.8. The summed E-state index contributed by atoms with van der Waals surface area (Å²) in [5, 5.41) is 0.740. The third-order valence-electron chi connectivity index (χ3n) is 4.98. The molecule has 4 heteroatoms. The molecule has 1 amide bonds. The smallest absolute Gasteiger partial charge is 0.253 e. The van der Waals surface area contributed by atoms with E-state index in [0.717, 1.165) is 40.5 Å². The highest BCUT2D eigenvalue weighted by atomic mass is 35.5. The Kier molecular flexibility index (Phi) is 5.12. The third kappa shape index (κ3) is 3.99. The van der Waals surface area contributed by atoms with E-state index in [2.05, 4.69) is 23.1 Å². The van der Waals surface area contributed by atoms with Crippen LogP contribution in [0.25, 0.3) is 11.1 Å². The zero-order valence-electron chi connectivity index (χ0n) is 15.0. The molecule has 4 rings (SSSR count). The number of carbonyl (C=O) groups excluding carboxylic acids is 1. The maximum atomic E-state index is 12.8. The number of carbonyl (C=O) groups is 1. The minimum Gasteiger partial charge on any atom is -0.368 e. The van der Waals surface area contributed by atoms with Crippen molar-refractivity contribution in [3.05, 3.63) is 89.4 Å². The van der Waals surface area contributed by atoms with Crippen LogP contribution in [0.1, 0.15) is 10.4 Å². The first-order valence-electron chi connectivity index (χ1n) is 9.16. The molecule has 1 aliphatic rings. The molecular weight excluding hydrogens is 356 g/mol. The van der Waals surface area contributed by atoms with Gasteiger partial charge in [-0.25, -0.2) is 0 Å². The molecule has 1 saturated heterocycles. The molecule has 0 saturated carbocycles. The number of rotatable bonds is 3. The minimum atomic E-state index is 0.0976. The monoisotopic (exact) mass is 376 g/mol. The number of hydrogen-bond donors (Lipinski definition) is 0. The Morgan fingerprint density at radius 2 is 1.41 bits per heavy atom. The molecule has 0 aromatic heterocycles. The molecule has 3 nitrogen and oxygen atoms in total. The van der Waals surface area contributed by atoms with Crippen molar-refractivity contribution in [1.82, 2.24) is 4.90 Å². The normalized spacial score (nSPS) is 14.3. The molecule has 0 spiro atoms. The van der Waals surface area contributed by atoms with Gasteiger partial charge in [-0.15, -0.1) is 0 Å². The third-order valence-corrected chi connectivity index (χ3v) is 5.21. The first kappa shape index (κ1) is 17.6. The second-order valence-corrected chi connectivity index (χ2v) is 7.14. The van der Waals surface area contributed by atoms with Gasteiger partial charge in [0.2, 0.25) is 0 Å². The van der Waals surface area contributed by atoms with Crippen LogP contribution in [-0.2, 0) is 0 Å². The van der Waals surface area contributed by atoms with Crippen molar-refractivity contribution in [2.75, 3.05) is 31.1 Å². The topological polar surface area (TPSA) is 23.6 Å². The molecule has 0 bridgehead atoms. The SMILES string of the molecule is O=C(c1ccc(-c2ccccc2)cc1)N1CCN(c2cccc(Cl)c2)CC1. The number of benzene rings is 3. The quantitative estimate of drug-likeness (QED) is 0.644. The lowest BCUT2D eigenvalue weighted by molar-refractivity contribution is 0.0747. The number of piperazine rings is 1. The van der Waals surface area contributed by atoms with E-state index in [1.54, 1.807) is 0 Å². The number of halogens is 1. The van der Waals surface area contributed by atoms with E-state index in [1.165, 1.54) is 0 Å². The Balaban J connectivity index is 1.41. The van der Waals surface area contributed by atoms with Gasteiger partial charge in [0, 0.05) is 42.5 Å². The highest BCUT2D eigenvalue weighted by molar-refractivity contribution is 6.30. The fraction of sp³-hybridized carbons (Fsp3) is 0.174. The Morgan fingerprint density at radius 3 is 2.07 bits per heavy atom. The van der Waals surface area contributed by atoms with Crippen molar-refractivity contribution >= 4 is 23.2 Å². The fourth-order valence-corrected chi connectivity index (χ4v) is 3.64. The van der Waals surface area contributed by atoms with Crippen molar-refractivity contribution in [3.63, 3.8) is 0 Å². The lowest BCUT2D eigenvalue weighted by Crippen LogP contribution is -2.48. The van der Waals surface area contributed by atoms with E-state index in [1.807, 2.05) is 65.6 Å². The molecule has 1 heterocycles. The van der Waals surface area contributed by atoms with Gasteiger partial charge in [-0.3, -0.25) is 4.79 Å². The van der Waals surface area contributed by atoms with Crippen LogP contribution in [0.15, 0.2) is 78.9 Å². The lowest BCUT2D eigenvalue weighted by atomic mass is 10.0. The standard InChI is InChI=1S/C23H21ClN2O/c24-21-7-4-8-22(17-21)25-13-15-26(16-14-25)23(27)20-11-9-19(10-12-20)18-5-2-1-3-6-18/h1-12,17H,13-16H2. The van der Waals surface area contributed by atoms with E-state index in [9.17, 15) is 4.79 Å². The van der Waals surface area contributed by atoms with Crippen molar-refractivity contribution < 1.29 is 4.79 Å². The number of hydrogen-bond acceptors (Lipinski definition) is 2. The van der Waals surface area contributed by atoms with E-state index >= 15 is 0 Å². The molecule has 3 aromatic carbocycles. The molecule has 27 heavy (non-hydrogen) atoms. The van der Waals surface area contributed by atoms with E-state index in [4.69, 9.17) is 11.6 Å². The lowest BCUT2D eigenvalue weighted by Gasteiger charge is -2.36. The van der Waals surface area contributed by atoms with Crippen LogP contribution in [0.4, 0.5) is 5.69 Å². The molecule has 3 aromatic rings. The van der Waals surface area contributed by atoms with Crippen molar-refractivity contribution in [1.29, 1.82) is 0 Å². The van der Waals surface area contributed by atoms with Crippen LogP contribution in [0.3, 0.4) is 0 Å². The summed E-state index contributed by atoms with van der Waals surface area (Å²) >= 11 is 6.09. The molecule has 1 fully saturated rings. The van der Waals surface area contributed by atoms with Gasteiger partial charge in [0.25, 0.3) is 5.91 Å². The first-order valence-corrected chi connectivity index (χ1v) is 9.54. The van der Waals surface area contributed by atoms with E-state index in [-0.39, 0.29) is 5.91 Å². The summed E-state index contributed by atoms with van der Waals surface area (Å²) in [7, 11) is 0. The summed E-state index contributed by atoms with van der Waals surface area (Å²) in [5.41, 5.74) is 4.14. The zero-order valence-corrected chi connectivity index (χ0v) is 15.8. The van der Waals surface area contributed by atoms with Gasteiger partial charge in [0.05, 0.1) is 0 Å². The summed E-state index contributed by atoms with van der Waals surface area (Å²) in [6.07, 6.45) is 0. The van der Waals surface area contributed by atoms with Crippen LogP contribution in [0.5, 0.6) is 0 Å². The summed E-state index contributed by atoms with van der Waals surface area (Å²) in [4.78, 5) is 17.0. The van der Waals surface area contributed by atoms with Gasteiger partial charge in [0.15, 0.2) is 0 Å². The maximum Gasteiger partial charge on any atom is 0.253 e. The Bertz CT molecular complexity index is 917. The number of amides is 1. The Hall–Kier alpha value is -2.78. The average Bonchev–Trinajstić information content (AvgIpc) is 2.74. The average molecular weight is 377 g/mol. The second kappa shape index (κ2) is 7.85. The van der Waals surface area contributed by atoms with Crippen molar-refractivity contribution in [3.8, 4) is 11.1 Å². The molecular formula is C23H21ClN2O. The summed E-state index contributed by atoms with van der Waals surface area (Å²) < 4.78 is 0. The highest BCUT2D eigenvalue weighted by Crippen LogP contribution is 2.22. The molecule has 0 aliphatic carbocycles. The molecule has 0 unspecified atom stereocenters. The van der Waals surface area contributed by atoms with Crippen LogP contribution < -0.4 is 4.90 Å². The number of anilines is 1. The van der Waals surface area contributed by atoms with Crippen LogP contribution in [0.2, 0.25) is 5.02 Å². The van der Waals surface area contributed by atoms with Gasteiger partial charge in [-0.05, 0) is 41.5 Å². The minimum absolute atomic E-state index is 0.0976. The van der Waals surface area contributed by atoms with Gasteiger partial charge >= 0.3 is 0 Å². The molecule has 0 N–H and O–H groups in total. The molecule has 136 valence electrons. The van der Waals surface area contributed by atoms with E-state index < -0.39 is 0 Å². The zero-order chi connectivity index (χ0) is 18.6. The van der Waals surface area contributed by atoms with Crippen LogP contribution in [0, 0.1) is 0 Å². The predicted molar refractivity (Wildman–Crippen MR) is 111 cm³/mol. The van der Waals surface area contributed by atoms with Crippen LogP contribution >= 0.6 is 11.6 Å². The summed E-state index contributed by atoms with van der Waals surface area (Å²) in [6.45, 7) is 3.06. The van der Waals surface area contributed by atoms with Gasteiger partial charge in [-0.2, -0.15) is 0 Å². The van der Waals surface area contributed by atoms with Gasteiger partial charge < -0.3 is 9.80 Å². The highest BCUT2D eigenvalue weighted by Gasteiger charge is 2.22. The van der Waals surface area contributed by atoms with Crippen molar-refractivity contribution in [2.24, 2.45) is 0 Å². The Labute approximate surface area is 164 Å². The summed E-state index contributed by atoms with van der Waals surface area (Å²) in [6, 6.07) is 26.0. The van der Waals surface area contributed by atoms with Gasteiger partial charge in [-0.1, -0.05) is 60.1 Å². The first-order chi connectivity index (χ1) is 13.2. The number of nitrogens with zero attached hydrogens (tertiary/aromatic N) is 2. The van der Waals surface area contributed by atoms with E-state index in [0.29, 0.717) is 13.1 Å². The predicted octanol–water partition coefficient (Wildman–Crippen LogP) is 4.97. The van der Waals surface area contributed by atoms with Gasteiger partial charge in [0.1, 0.15) is 0 Å².